The number of anilines is 2. The molecular weight excluding hydrogens is 516 g/mol. The van der Waals surface area contributed by atoms with Crippen molar-refractivity contribution in [2.75, 3.05) is 44.4 Å². The maximum atomic E-state index is 13.0. The number of nitrogens with zero attached hydrogens (tertiary/aromatic N) is 3. The Kier molecular flexibility index (Phi) is 8.17. The van der Waals surface area contributed by atoms with Gasteiger partial charge in [-0.15, -0.1) is 0 Å². The lowest BCUT2D eigenvalue weighted by atomic mass is 10.0. The van der Waals surface area contributed by atoms with Crippen LogP contribution in [-0.2, 0) is 0 Å². The Balaban J connectivity index is 1.24. The molecule has 0 bridgehead atoms. The number of likely N-dealkylation sites (N-methyl/N-ethyl adjacent to an activating group) is 2. The van der Waals surface area contributed by atoms with Crippen molar-refractivity contribution < 1.29 is 9.53 Å². The van der Waals surface area contributed by atoms with Gasteiger partial charge in [0, 0.05) is 37.0 Å². The fourth-order valence-electron chi connectivity index (χ4n) is 4.61. The lowest BCUT2D eigenvalue weighted by Gasteiger charge is -2.18. The largest absolute Gasteiger partial charge is 0.490 e. The third-order valence-corrected chi connectivity index (χ3v) is 8.29. The van der Waals surface area contributed by atoms with Crippen LogP contribution in [0.1, 0.15) is 36.0 Å². The number of nitrogens with one attached hydrogen (secondary N) is 1. The van der Waals surface area contributed by atoms with Gasteiger partial charge in [-0.25, -0.2) is 4.98 Å². The second-order valence-corrected chi connectivity index (χ2v) is 11.5. The minimum absolute atomic E-state index is 0.157. The highest BCUT2D eigenvalue weighted by Gasteiger charge is 2.17. The molecule has 1 amide bonds. The Labute approximate surface area is 233 Å². The van der Waals surface area contributed by atoms with Crippen molar-refractivity contribution in [3.63, 3.8) is 0 Å². The third kappa shape index (κ3) is 6.29. The molecule has 198 valence electrons. The van der Waals surface area contributed by atoms with E-state index in [2.05, 4.69) is 36.3 Å². The predicted octanol–water partition coefficient (Wildman–Crippen LogP) is 7.19. The first-order chi connectivity index (χ1) is 18.4. The maximum absolute atomic E-state index is 13.0. The summed E-state index contributed by atoms with van der Waals surface area (Å²) in [5, 5.41) is 4.63. The Bertz CT molecular complexity index is 1410. The number of ether oxygens (including phenoxy) is 1. The van der Waals surface area contributed by atoms with Crippen LogP contribution in [0.3, 0.4) is 0 Å². The van der Waals surface area contributed by atoms with Crippen molar-refractivity contribution in [1.29, 1.82) is 0 Å². The zero-order valence-corrected chi connectivity index (χ0v) is 23.6. The molecule has 8 heteroatoms. The molecule has 4 aromatic rings. The summed E-state index contributed by atoms with van der Waals surface area (Å²) >= 11 is 8.22. The van der Waals surface area contributed by atoms with Crippen LogP contribution in [0.2, 0.25) is 5.02 Å². The molecule has 38 heavy (non-hydrogen) atoms. The normalized spacial score (nSPS) is 13.8. The van der Waals surface area contributed by atoms with Crippen LogP contribution in [0, 0.1) is 0 Å². The number of carbonyl (C=O) groups excluding carboxylic acids is 1. The highest BCUT2D eigenvalue weighted by Crippen LogP contribution is 2.34. The van der Waals surface area contributed by atoms with Gasteiger partial charge in [-0.2, -0.15) is 0 Å². The molecular formula is C30H33ClN4O2S. The van der Waals surface area contributed by atoms with Crippen LogP contribution in [0.25, 0.3) is 21.3 Å². The minimum atomic E-state index is -0.157. The molecule has 0 saturated heterocycles. The summed E-state index contributed by atoms with van der Waals surface area (Å²) in [6.07, 6.45) is 4.97. The lowest BCUT2D eigenvalue weighted by Crippen LogP contribution is -2.28. The predicted molar refractivity (Wildman–Crippen MR) is 159 cm³/mol. The first-order valence-corrected chi connectivity index (χ1v) is 14.2. The SMILES string of the molecule is CN(C)CCN(C)c1nc2ccc(NC(=O)c3ccc(-c4ccc(OC5CCCC5)cc4Cl)cc3)cc2s1. The molecule has 1 heterocycles. The summed E-state index contributed by atoms with van der Waals surface area (Å²) in [5.74, 6) is 0.655. The monoisotopic (exact) mass is 548 g/mol. The molecule has 0 atom stereocenters. The lowest BCUT2D eigenvalue weighted by molar-refractivity contribution is 0.102. The van der Waals surface area contributed by atoms with E-state index >= 15 is 0 Å². The molecule has 1 aromatic heterocycles. The molecule has 5 rings (SSSR count). The smallest absolute Gasteiger partial charge is 0.255 e. The quantitative estimate of drug-likeness (QED) is 0.240. The number of fused-ring (bicyclic) bond motifs is 1. The van der Waals surface area contributed by atoms with Crippen molar-refractivity contribution in [2.45, 2.75) is 31.8 Å². The van der Waals surface area contributed by atoms with E-state index in [0.29, 0.717) is 16.7 Å². The third-order valence-electron chi connectivity index (χ3n) is 6.85. The van der Waals surface area contributed by atoms with Gasteiger partial charge in [0.25, 0.3) is 5.91 Å². The summed E-state index contributed by atoms with van der Waals surface area (Å²) in [7, 11) is 6.18. The number of amides is 1. The number of hydrogen-bond donors (Lipinski definition) is 1. The van der Waals surface area contributed by atoms with E-state index in [0.717, 1.165) is 63.8 Å². The van der Waals surface area contributed by atoms with E-state index in [1.807, 2.05) is 60.7 Å². The summed E-state index contributed by atoms with van der Waals surface area (Å²) in [6, 6.07) is 19.2. The van der Waals surface area contributed by atoms with Gasteiger partial charge in [-0.1, -0.05) is 35.1 Å². The van der Waals surface area contributed by atoms with Crippen molar-refractivity contribution in [3.8, 4) is 16.9 Å². The minimum Gasteiger partial charge on any atom is -0.490 e. The topological polar surface area (TPSA) is 57.7 Å². The highest BCUT2D eigenvalue weighted by atomic mass is 35.5. The van der Waals surface area contributed by atoms with E-state index < -0.39 is 0 Å². The molecule has 6 nitrogen and oxygen atoms in total. The first-order valence-electron chi connectivity index (χ1n) is 13.0. The van der Waals surface area contributed by atoms with Crippen LogP contribution in [0.4, 0.5) is 10.8 Å². The number of thiazole rings is 1. The van der Waals surface area contributed by atoms with E-state index in [1.54, 1.807) is 11.3 Å². The van der Waals surface area contributed by atoms with Crippen molar-refractivity contribution >= 4 is 49.9 Å². The number of aromatic nitrogens is 1. The number of hydrogen-bond acceptors (Lipinski definition) is 6. The summed E-state index contributed by atoms with van der Waals surface area (Å²) in [5.41, 5.74) is 4.13. The molecule has 1 saturated carbocycles. The first kappa shape index (κ1) is 26.5. The Morgan fingerprint density at radius 2 is 1.79 bits per heavy atom. The maximum Gasteiger partial charge on any atom is 0.255 e. The zero-order valence-electron chi connectivity index (χ0n) is 22.0. The van der Waals surface area contributed by atoms with Gasteiger partial charge in [-0.3, -0.25) is 4.79 Å². The van der Waals surface area contributed by atoms with Crippen molar-refractivity contribution in [3.05, 3.63) is 71.2 Å². The van der Waals surface area contributed by atoms with Gasteiger partial charge in [0.1, 0.15) is 5.75 Å². The second-order valence-electron chi connectivity index (χ2n) is 10.1. The molecule has 0 radical (unpaired) electrons. The van der Waals surface area contributed by atoms with Crippen LogP contribution >= 0.6 is 22.9 Å². The van der Waals surface area contributed by atoms with Crippen molar-refractivity contribution in [2.24, 2.45) is 0 Å². The molecule has 1 aliphatic rings. The zero-order chi connectivity index (χ0) is 26.6. The van der Waals surface area contributed by atoms with Crippen LogP contribution in [0.15, 0.2) is 60.7 Å². The summed E-state index contributed by atoms with van der Waals surface area (Å²) in [4.78, 5) is 22.0. The van der Waals surface area contributed by atoms with E-state index in [9.17, 15) is 4.79 Å². The van der Waals surface area contributed by atoms with Gasteiger partial charge < -0.3 is 19.9 Å². The molecule has 3 aromatic carbocycles. The fourth-order valence-corrected chi connectivity index (χ4v) is 5.88. The summed E-state index contributed by atoms with van der Waals surface area (Å²) in [6.45, 7) is 1.86. The van der Waals surface area contributed by atoms with Gasteiger partial charge >= 0.3 is 0 Å². The Morgan fingerprint density at radius 3 is 2.50 bits per heavy atom. The van der Waals surface area contributed by atoms with Crippen LogP contribution in [-0.4, -0.2) is 56.1 Å². The number of rotatable bonds is 9. The number of benzene rings is 3. The molecule has 1 fully saturated rings. The second kappa shape index (κ2) is 11.7. The fraction of sp³-hybridized carbons (Fsp3) is 0.333. The molecule has 0 unspecified atom stereocenters. The van der Waals surface area contributed by atoms with E-state index in [1.165, 1.54) is 12.8 Å². The molecule has 1 aliphatic carbocycles. The van der Waals surface area contributed by atoms with Gasteiger partial charge in [0.15, 0.2) is 5.13 Å². The number of carbonyl (C=O) groups is 1. The standard InChI is InChI=1S/C30H33ClN4O2S/c1-34(2)16-17-35(3)30-33-27-15-12-22(18-28(27)38-30)32-29(36)21-10-8-20(9-11-21)25-14-13-24(19-26(25)31)37-23-6-4-5-7-23/h8-15,18-19,23H,4-7,16-17H2,1-3H3,(H,32,36). The molecule has 0 aliphatic heterocycles. The van der Waals surface area contributed by atoms with Gasteiger partial charge in [0.2, 0.25) is 0 Å². The number of halogens is 1. The van der Waals surface area contributed by atoms with Gasteiger partial charge in [0.05, 0.1) is 21.3 Å². The summed E-state index contributed by atoms with van der Waals surface area (Å²) < 4.78 is 7.11. The van der Waals surface area contributed by atoms with E-state index in [-0.39, 0.29) is 5.91 Å². The average molecular weight is 549 g/mol. The van der Waals surface area contributed by atoms with E-state index in [4.69, 9.17) is 21.3 Å². The van der Waals surface area contributed by atoms with Crippen LogP contribution < -0.4 is 15.0 Å². The van der Waals surface area contributed by atoms with Gasteiger partial charge in [-0.05, 0) is 93.9 Å². The Hall–Kier alpha value is -3.13. The Morgan fingerprint density at radius 1 is 1.03 bits per heavy atom. The van der Waals surface area contributed by atoms with Crippen molar-refractivity contribution in [1.82, 2.24) is 9.88 Å². The molecule has 1 N–H and O–H groups in total. The highest BCUT2D eigenvalue weighted by molar-refractivity contribution is 7.22. The molecule has 0 spiro atoms. The van der Waals surface area contributed by atoms with Crippen LogP contribution in [0.5, 0.6) is 5.75 Å². The average Bonchev–Trinajstić information content (AvgIpc) is 3.57.